The van der Waals surface area contributed by atoms with E-state index in [0.29, 0.717) is 0 Å². The van der Waals surface area contributed by atoms with E-state index in [4.69, 9.17) is 0 Å². The molecule has 0 heterocycles. The van der Waals surface area contributed by atoms with Gasteiger partial charge in [0.25, 0.3) is 0 Å². The third-order valence-corrected chi connectivity index (χ3v) is 18.0. The van der Waals surface area contributed by atoms with Gasteiger partial charge >= 0.3 is 140 Å². The van der Waals surface area contributed by atoms with E-state index in [-0.39, 0.29) is 6.61 Å². The van der Waals surface area contributed by atoms with Crippen LogP contribution in [0, 0.1) is 11.5 Å². The molecule has 0 rings (SSSR count). The predicted molar refractivity (Wildman–Crippen MR) is 106 cm³/mol. The summed E-state index contributed by atoms with van der Waals surface area (Å²) in [5, 5.41) is 11.5. The average Bonchev–Trinajstić information content (AvgIpc) is 2.35. The van der Waals surface area contributed by atoms with Crippen LogP contribution in [-0.2, 0) is 0 Å². The molecule has 0 bridgehead atoms. The van der Waals surface area contributed by atoms with Gasteiger partial charge < -0.3 is 0 Å². The fraction of sp³-hybridized carbons (Fsp3) is 0.765. The summed E-state index contributed by atoms with van der Waals surface area (Å²) >= 11 is -2.31. The van der Waals surface area contributed by atoms with Gasteiger partial charge in [-0.1, -0.05) is 0 Å². The number of hydrogen-bond donors (Lipinski definition) is 1. The first-order chi connectivity index (χ1) is 9.47. The van der Waals surface area contributed by atoms with E-state index in [1.807, 2.05) is 0 Å². The molecule has 0 atom stereocenters. The van der Waals surface area contributed by atoms with Gasteiger partial charge in [0, 0.05) is 0 Å². The molecule has 0 saturated heterocycles. The predicted octanol–water partition coefficient (Wildman–Crippen LogP) is 5.08. The topological polar surface area (TPSA) is 20.2 Å². The van der Waals surface area contributed by atoms with Crippen molar-refractivity contribution < 1.29 is 5.11 Å². The first-order valence-corrected chi connectivity index (χ1v) is 24.5. The molecule has 0 aromatic heterocycles. The van der Waals surface area contributed by atoms with Crippen LogP contribution in [0.3, 0.4) is 0 Å². The molecule has 0 radical (unpaired) electrons. The summed E-state index contributed by atoms with van der Waals surface area (Å²) in [4.78, 5) is 7.24. The summed E-state index contributed by atoms with van der Waals surface area (Å²) in [5.74, 6) is 3.66. The zero-order valence-electron chi connectivity index (χ0n) is 15.8. The number of aliphatic hydroxyl groups is 1. The number of hydrogen-bond acceptors (Lipinski definition) is 1. The van der Waals surface area contributed by atoms with E-state index >= 15 is 0 Å². The molecule has 0 saturated carbocycles. The van der Waals surface area contributed by atoms with Crippen LogP contribution in [0.15, 0.2) is 8.79 Å². The normalized spacial score (nSPS) is 14.4. The second kappa shape index (κ2) is 8.37. The molecule has 122 valence electrons. The molecule has 0 fully saturated rings. The molecule has 0 amide bonds. The molecule has 21 heavy (non-hydrogen) atoms. The van der Waals surface area contributed by atoms with Crippen molar-refractivity contribution in [2.24, 2.45) is 0 Å². The Bertz CT molecular complexity index is 418. The zero-order chi connectivity index (χ0) is 16.9. The van der Waals surface area contributed by atoms with Gasteiger partial charge in [0.2, 0.25) is 0 Å². The number of aliphatic hydroxyl groups excluding tert-OH is 1. The summed E-state index contributed by atoms with van der Waals surface area (Å²) in [6, 6.07) is 3.75. The molecule has 0 aromatic carbocycles. The molecule has 0 aliphatic rings. The Hall–Kier alpha value is 0.492. The Morgan fingerprint density at radius 3 is 1.62 bits per heavy atom. The van der Waals surface area contributed by atoms with Gasteiger partial charge in [0.1, 0.15) is 0 Å². The SMILES string of the molecule is CC[Si](CC)(CC)/C(C#C[Si](C)(C)C)=[C](\CO)[Sn]([CH3])([CH3])[CH3]. The molecule has 1 nitrogen and oxygen atoms in total. The summed E-state index contributed by atoms with van der Waals surface area (Å²) in [6.45, 7) is 14.2. The van der Waals surface area contributed by atoms with E-state index < -0.39 is 34.5 Å². The summed E-state index contributed by atoms with van der Waals surface area (Å²) in [5.41, 5.74) is 3.61. The molecule has 1 N–H and O–H groups in total. The Morgan fingerprint density at radius 2 is 1.38 bits per heavy atom. The van der Waals surface area contributed by atoms with Crippen molar-refractivity contribution >= 4 is 34.5 Å². The first-order valence-electron chi connectivity index (χ1n) is 8.35. The molecule has 0 aliphatic carbocycles. The third-order valence-electron chi connectivity index (χ3n) is 4.49. The maximum atomic E-state index is 10.1. The maximum absolute atomic E-state index is 10.1. The van der Waals surface area contributed by atoms with Crippen molar-refractivity contribution in [2.75, 3.05) is 6.61 Å². The quantitative estimate of drug-likeness (QED) is 0.459. The number of allylic oxidation sites excluding steroid dienone is 1. The van der Waals surface area contributed by atoms with Gasteiger partial charge in [0.15, 0.2) is 0 Å². The zero-order valence-corrected chi connectivity index (χ0v) is 20.6. The molecule has 0 unspecified atom stereocenters. The summed E-state index contributed by atoms with van der Waals surface area (Å²) in [7, 11) is -2.91. The standard InChI is InChI=1S/C14H27OSi2.3CH3.Sn/c1-7-17(8-2,9-3)14(10-12-15)11-13-16(4,5)6;;;;/h15H,7-9,12H2,1-6H3;3*1H3;. The molecule has 0 aromatic rings. The second-order valence-corrected chi connectivity index (χ2v) is 32.6. The van der Waals surface area contributed by atoms with E-state index in [1.165, 1.54) is 26.9 Å². The van der Waals surface area contributed by atoms with Gasteiger partial charge in [-0.15, -0.1) is 0 Å². The fourth-order valence-corrected chi connectivity index (χ4v) is 15.4. The molecular formula is C17H36OSi2Sn. The van der Waals surface area contributed by atoms with Crippen LogP contribution in [0.1, 0.15) is 20.8 Å². The van der Waals surface area contributed by atoms with Crippen LogP contribution in [0.5, 0.6) is 0 Å². The summed E-state index contributed by atoms with van der Waals surface area (Å²) in [6.07, 6.45) is 0. The summed E-state index contributed by atoms with van der Waals surface area (Å²) < 4.78 is 1.40. The van der Waals surface area contributed by atoms with Crippen LogP contribution in [0.25, 0.3) is 0 Å². The van der Waals surface area contributed by atoms with Gasteiger partial charge in [-0.25, -0.2) is 0 Å². The Balaban J connectivity index is 6.37. The fourth-order valence-electron chi connectivity index (χ4n) is 2.75. The van der Waals surface area contributed by atoms with Crippen LogP contribution in [0.2, 0.25) is 52.6 Å². The molecule has 0 aliphatic heterocycles. The average molecular weight is 431 g/mol. The van der Waals surface area contributed by atoms with E-state index in [2.05, 4.69) is 66.7 Å². The van der Waals surface area contributed by atoms with Crippen molar-refractivity contribution in [1.82, 2.24) is 0 Å². The van der Waals surface area contributed by atoms with E-state index in [0.717, 1.165) is 0 Å². The first kappa shape index (κ1) is 21.5. The van der Waals surface area contributed by atoms with Crippen molar-refractivity contribution in [3.63, 3.8) is 0 Å². The van der Waals surface area contributed by atoms with Gasteiger partial charge in [0.05, 0.1) is 0 Å². The van der Waals surface area contributed by atoms with Crippen LogP contribution < -0.4 is 0 Å². The van der Waals surface area contributed by atoms with Gasteiger partial charge in [-0.05, 0) is 0 Å². The molecule has 0 spiro atoms. The Morgan fingerprint density at radius 1 is 0.952 bits per heavy atom. The van der Waals surface area contributed by atoms with Crippen LogP contribution in [0.4, 0.5) is 0 Å². The Kier molecular flexibility index (Phi) is 8.57. The van der Waals surface area contributed by atoms with E-state index in [9.17, 15) is 5.11 Å². The van der Waals surface area contributed by atoms with Gasteiger partial charge in [-0.2, -0.15) is 0 Å². The van der Waals surface area contributed by atoms with Crippen LogP contribution in [-0.4, -0.2) is 46.2 Å². The molecular weight excluding hydrogens is 395 g/mol. The Labute approximate surface area is 139 Å². The van der Waals surface area contributed by atoms with Crippen molar-refractivity contribution in [1.29, 1.82) is 0 Å². The van der Waals surface area contributed by atoms with Crippen molar-refractivity contribution in [3.8, 4) is 11.5 Å². The second-order valence-electron chi connectivity index (χ2n) is 8.10. The number of rotatable bonds is 6. The molecule has 4 heteroatoms. The minimum absolute atomic E-state index is 0.240. The minimum atomic E-state index is -2.31. The monoisotopic (exact) mass is 432 g/mol. The van der Waals surface area contributed by atoms with Crippen molar-refractivity contribution in [2.45, 2.75) is 73.4 Å². The van der Waals surface area contributed by atoms with E-state index in [1.54, 1.807) is 0 Å². The van der Waals surface area contributed by atoms with Crippen LogP contribution >= 0.6 is 0 Å². The third kappa shape index (κ3) is 6.25. The van der Waals surface area contributed by atoms with Crippen molar-refractivity contribution in [3.05, 3.63) is 8.79 Å². The van der Waals surface area contributed by atoms with Gasteiger partial charge in [-0.3, -0.25) is 0 Å².